The van der Waals surface area contributed by atoms with Crippen LogP contribution in [-0.2, 0) is 7.05 Å². The zero-order valence-electron chi connectivity index (χ0n) is 15.2. The molecule has 0 radical (unpaired) electrons. The molecule has 134 valence electrons. The average molecular weight is 341 g/mol. The lowest BCUT2D eigenvalue weighted by atomic mass is 10.0. The first-order chi connectivity index (χ1) is 12.0. The van der Waals surface area contributed by atoms with Crippen LogP contribution in [0.2, 0.25) is 0 Å². The van der Waals surface area contributed by atoms with Crippen LogP contribution >= 0.6 is 0 Å². The van der Waals surface area contributed by atoms with Crippen LogP contribution in [0.4, 0.5) is 16.2 Å². The van der Waals surface area contributed by atoms with Crippen molar-refractivity contribution in [2.45, 2.75) is 38.6 Å². The van der Waals surface area contributed by atoms with E-state index in [4.69, 9.17) is 0 Å². The van der Waals surface area contributed by atoms with Gasteiger partial charge >= 0.3 is 6.03 Å². The third-order valence-electron chi connectivity index (χ3n) is 4.64. The largest absolute Gasteiger partial charge is 0.367 e. The van der Waals surface area contributed by atoms with Gasteiger partial charge in [-0.15, -0.1) is 0 Å². The van der Waals surface area contributed by atoms with Gasteiger partial charge in [-0.05, 0) is 30.4 Å². The van der Waals surface area contributed by atoms with Crippen molar-refractivity contribution < 1.29 is 4.79 Å². The number of para-hydroxylation sites is 1. The Kier molecular flexibility index (Phi) is 5.26. The predicted molar refractivity (Wildman–Crippen MR) is 101 cm³/mol. The molecule has 1 aromatic heterocycles. The van der Waals surface area contributed by atoms with Gasteiger partial charge in [0.25, 0.3) is 0 Å². The minimum atomic E-state index is -0.133. The second-order valence-electron chi connectivity index (χ2n) is 7.00. The molecule has 6 heteroatoms. The van der Waals surface area contributed by atoms with Crippen molar-refractivity contribution in [1.29, 1.82) is 0 Å². The fourth-order valence-electron chi connectivity index (χ4n) is 3.36. The minimum absolute atomic E-state index is 0.133. The third kappa shape index (κ3) is 4.32. The number of rotatable bonds is 4. The Hall–Kier alpha value is -2.50. The van der Waals surface area contributed by atoms with E-state index in [-0.39, 0.29) is 12.1 Å². The number of benzene rings is 1. The number of aromatic nitrogens is 2. The summed E-state index contributed by atoms with van der Waals surface area (Å²) >= 11 is 0. The van der Waals surface area contributed by atoms with Gasteiger partial charge in [0, 0.05) is 38.1 Å². The monoisotopic (exact) mass is 341 g/mol. The molecule has 2 heterocycles. The molecule has 1 atom stereocenters. The number of nitrogens with zero attached hydrogens (tertiary/aromatic N) is 3. The third-order valence-corrected chi connectivity index (χ3v) is 4.64. The first-order valence-electron chi connectivity index (χ1n) is 8.93. The number of hydrogen-bond acceptors (Lipinski definition) is 3. The van der Waals surface area contributed by atoms with Crippen LogP contribution in [0.15, 0.2) is 36.7 Å². The second-order valence-corrected chi connectivity index (χ2v) is 7.00. The highest BCUT2D eigenvalue weighted by atomic mass is 16.2. The van der Waals surface area contributed by atoms with E-state index in [2.05, 4.69) is 40.5 Å². The molecular weight excluding hydrogens is 314 g/mol. The lowest BCUT2D eigenvalue weighted by Gasteiger charge is -2.33. The van der Waals surface area contributed by atoms with Crippen LogP contribution in [0.3, 0.4) is 0 Å². The first kappa shape index (κ1) is 17.3. The number of anilines is 2. The zero-order valence-corrected chi connectivity index (χ0v) is 15.2. The smallest absolute Gasteiger partial charge is 0.319 e. The molecule has 1 aliphatic heterocycles. The van der Waals surface area contributed by atoms with Crippen LogP contribution in [0.5, 0.6) is 0 Å². The van der Waals surface area contributed by atoms with Crippen LogP contribution in [0.1, 0.15) is 38.2 Å². The highest BCUT2D eigenvalue weighted by Crippen LogP contribution is 2.24. The number of urea groups is 1. The Morgan fingerprint density at radius 1 is 1.32 bits per heavy atom. The summed E-state index contributed by atoms with van der Waals surface area (Å²) < 4.78 is 1.81. The van der Waals surface area contributed by atoms with E-state index in [1.807, 2.05) is 42.3 Å². The molecule has 3 rings (SSSR count). The highest BCUT2D eigenvalue weighted by molar-refractivity contribution is 5.90. The Bertz CT molecular complexity index is 724. The molecule has 6 nitrogen and oxygen atoms in total. The molecule has 1 unspecified atom stereocenters. The van der Waals surface area contributed by atoms with Gasteiger partial charge in [-0.25, -0.2) is 4.79 Å². The van der Waals surface area contributed by atoms with Gasteiger partial charge < -0.3 is 15.5 Å². The van der Waals surface area contributed by atoms with Crippen molar-refractivity contribution in [2.75, 3.05) is 23.3 Å². The van der Waals surface area contributed by atoms with Gasteiger partial charge in [0.1, 0.15) is 0 Å². The van der Waals surface area contributed by atoms with Crippen LogP contribution < -0.4 is 15.5 Å². The van der Waals surface area contributed by atoms with Crippen LogP contribution in [0, 0.1) is 0 Å². The summed E-state index contributed by atoms with van der Waals surface area (Å²) in [5, 5.41) is 10.4. The lowest BCUT2D eigenvalue weighted by Crippen LogP contribution is -2.49. The summed E-state index contributed by atoms with van der Waals surface area (Å²) in [6, 6.07) is 7.98. The van der Waals surface area contributed by atoms with Gasteiger partial charge in [-0.3, -0.25) is 4.68 Å². The molecule has 2 amide bonds. The van der Waals surface area contributed by atoms with E-state index in [1.165, 1.54) is 0 Å². The average Bonchev–Trinajstić information content (AvgIpc) is 3.02. The maximum atomic E-state index is 12.4. The molecule has 1 aliphatic rings. The standard InChI is InChI=1S/C19H27N5O/c1-14(2)17-8-4-5-9-18(17)22-19(25)21-15-7-6-10-24(12-15)16-11-20-23(3)13-16/h4-5,8-9,11,13-15H,6-7,10,12H2,1-3H3,(H2,21,22,25). The number of amides is 2. The molecule has 0 aliphatic carbocycles. The quantitative estimate of drug-likeness (QED) is 0.896. The molecule has 1 aromatic carbocycles. The fraction of sp³-hybridized carbons (Fsp3) is 0.474. The summed E-state index contributed by atoms with van der Waals surface area (Å²) in [5.74, 6) is 0.368. The molecule has 0 saturated carbocycles. The molecule has 1 saturated heterocycles. The number of carbonyl (C=O) groups is 1. The number of carbonyl (C=O) groups excluding carboxylic acids is 1. The fourth-order valence-corrected chi connectivity index (χ4v) is 3.36. The second kappa shape index (κ2) is 7.59. The van der Waals surface area contributed by atoms with Crippen molar-refractivity contribution in [3.05, 3.63) is 42.2 Å². The summed E-state index contributed by atoms with van der Waals surface area (Å²) in [5.41, 5.74) is 3.15. The van der Waals surface area contributed by atoms with Crippen LogP contribution in [0.25, 0.3) is 0 Å². The first-order valence-corrected chi connectivity index (χ1v) is 8.93. The van der Waals surface area contributed by atoms with E-state index < -0.39 is 0 Å². The number of hydrogen-bond donors (Lipinski definition) is 2. The maximum absolute atomic E-state index is 12.4. The van der Waals surface area contributed by atoms with Crippen molar-refractivity contribution in [1.82, 2.24) is 15.1 Å². The SMILES string of the molecule is CC(C)c1ccccc1NC(=O)NC1CCCN(c2cnn(C)c2)C1. The van der Waals surface area contributed by atoms with E-state index in [0.717, 1.165) is 42.9 Å². The molecule has 0 bridgehead atoms. The van der Waals surface area contributed by atoms with E-state index in [1.54, 1.807) is 0 Å². The van der Waals surface area contributed by atoms with Gasteiger partial charge in [0.2, 0.25) is 0 Å². The lowest BCUT2D eigenvalue weighted by molar-refractivity contribution is 0.246. The molecule has 2 N–H and O–H groups in total. The van der Waals surface area contributed by atoms with Gasteiger partial charge in [0.05, 0.1) is 11.9 Å². The molecular formula is C19H27N5O. The Labute approximate surface area is 149 Å². The molecule has 1 fully saturated rings. The van der Waals surface area contributed by atoms with Crippen LogP contribution in [-0.4, -0.2) is 34.9 Å². The summed E-state index contributed by atoms with van der Waals surface area (Å²) in [6.07, 6.45) is 5.95. The highest BCUT2D eigenvalue weighted by Gasteiger charge is 2.22. The maximum Gasteiger partial charge on any atom is 0.319 e. The zero-order chi connectivity index (χ0) is 17.8. The Morgan fingerprint density at radius 2 is 2.12 bits per heavy atom. The summed E-state index contributed by atoms with van der Waals surface area (Å²) in [6.45, 7) is 6.07. The Morgan fingerprint density at radius 3 is 2.84 bits per heavy atom. The van der Waals surface area contributed by atoms with Crippen molar-refractivity contribution >= 4 is 17.4 Å². The topological polar surface area (TPSA) is 62.2 Å². The van der Waals surface area contributed by atoms with Gasteiger partial charge in [-0.2, -0.15) is 5.10 Å². The van der Waals surface area contributed by atoms with E-state index in [9.17, 15) is 4.79 Å². The van der Waals surface area contributed by atoms with Gasteiger partial charge in [-0.1, -0.05) is 32.0 Å². The van der Waals surface area contributed by atoms with Crippen molar-refractivity contribution in [3.8, 4) is 0 Å². The van der Waals surface area contributed by atoms with Gasteiger partial charge in [0.15, 0.2) is 0 Å². The summed E-state index contributed by atoms with van der Waals surface area (Å²) in [4.78, 5) is 14.7. The molecule has 25 heavy (non-hydrogen) atoms. The number of piperidine rings is 1. The van der Waals surface area contributed by atoms with Crippen molar-refractivity contribution in [3.63, 3.8) is 0 Å². The number of aryl methyl sites for hydroxylation is 1. The molecule has 0 spiro atoms. The summed E-state index contributed by atoms with van der Waals surface area (Å²) in [7, 11) is 1.92. The molecule has 2 aromatic rings. The minimum Gasteiger partial charge on any atom is -0.367 e. The predicted octanol–water partition coefficient (Wildman–Crippen LogP) is 3.33. The normalized spacial score (nSPS) is 17.6. The van der Waals surface area contributed by atoms with E-state index in [0.29, 0.717) is 5.92 Å². The van der Waals surface area contributed by atoms with E-state index >= 15 is 0 Å². The van der Waals surface area contributed by atoms with Crippen molar-refractivity contribution in [2.24, 2.45) is 7.05 Å². The Balaban J connectivity index is 1.59. The number of nitrogens with one attached hydrogen (secondary N) is 2.